The second-order valence-corrected chi connectivity index (χ2v) is 5.39. The van der Waals surface area contributed by atoms with Crippen molar-refractivity contribution in [1.82, 2.24) is 5.43 Å². The highest BCUT2D eigenvalue weighted by molar-refractivity contribution is 5.92. The molecule has 0 aliphatic carbocycles. The molecule has 0 aliphatic rings. The van der Waals surface area contributed by atoms with E-state index in [2.05, 4.69) is 29.7 Å². The zero-order valence-electron chi connectivity index (χ0n) is 13.9. The summed E-state index contributed by atoms with van der Waals surface area (Å²) in [6.45, 7) is 6.18. The Morgan fingerprint density at radius 2 is 1.65 bits per heavy atom. The lowest BCUT2D eigenvalue weighted by Gasteiger charge is -2.13. The number of carbonyl (C=O) groups excluding carboxylic acids is 1. The van der Waals surface area contributed by atoms with Gasteiger partial charge in [-0.25, -0.2) is 10.2 Å². The Labute approximate surface area is 137 Å². The highest BCUT2D eigenvalue weighted by atomic mass is 16.2. The van der Waals surface area contributed by atoms with Crippen LogP contribution in [0.2, 0.25) is 0 Å². The van der Waals surface area contributed by atoms with Crippen LogP contribution in [-0.2, 0) is 12.8 Å². The van der Waals surface area contributed by atoms with Gasteiger partial charge in [-0.15, -0.1) is 0 Å². The quantitative estimate of drug-likeness (QED) is 0.629. The molecule has 2 rings (SSSR count). The Balaban J connectivity index is 2.01. The molecule has 0 radical (unpaired) electrons. The molecule has 120 valence electrons. The van der Waals surface area contributed by atoms with Gasteiger partial charge in [-0.1, -0.05) is 61.9 Å². The second kappa shape index (κ2) is 8.13. The molecule has 0 saturated carbocycles. The average molecular weight is 309 g/mol. The molecule has 0 atom stereocenters. The first kappa shape index (κ1) is 16.7. The van der Waals surface area contributed by atoms with Gasteiger partial charge in [0, 0.05) is 5.69 Å². The number of hydrazone groups is 1. The van der Waals surface area contributed by atoms with Gasteiger partial charge < -0.3 is 5.32 Å². The maximum Gasteiger partial charge on any atom is 0.339 e. The zero-order chi connectivity index (χ0) is 16.7. The lowest BCUT2D eigenvalue weighted by molar-refractivity contribution is 0.252. The van der Waals surface area contributed by atoms with Crippen molar-refractivity contribution >= 4 is 17.9 Å². The monoisotopic (exact) mass is 309 g/mol. The van der Waals surface area contributed by atoms with E-state index in [0.717, 1.165) is 35.2 Å². The molecule has 0 heterocycles. The molecule has 0 saturated heterocycles. The fourth-order valence-electron chi connectivity index (χ4n) is 2.36. The predicted octanol–water partition coefficient (Wildman–Crippen LogP) is 4.28. The molecule has 2 aromatic carbocycles. The van der Waals surface area contributed by atoms with Crippen LogP contribution in [-0.4, -0.2) is 12.2 Å². The largest absolute Gasteiger partial charge is 0.339 e. The Morgan fingerprint density at radius 3 is 2.22 bits per heavy atom. The smallest absolute Gasteiger partial charge is 0.306 e. The lowest BCUT2D eigenvalue weighted by atomic mass is 10.0. The summed E-state index contributed by atoms with van der Waals surface area (Å²) in [4.78, 5) is 12.1. The van der Waals surface area contributed by atoms with Crippen molar-refractivity contribution in [2.45, 2.75) is 33.6 Å². The van der Waals surface area contributed by atoms with Gasteiger partial charge in [0.1, 0.15) is 0 Å². The fourth-order valence-corrected chi connectivity index (χ4v) is 2.36. The Morgan fingerprint density at radius 1 is 1.04 bits per heavy atom. The molecular weight excluding hydrogens is 286 g/mol. The van der Waals surface area contributed by atoms with E-state index in [1.807, 2.05) is 49.4 Å². The molecule has 0 spiro atoms. The summed E-state index contributed by atoms with van der Waals surface area (Å²) in [5.41, 5.74) is 7.79. The molecule has 2 N–H and O–H groups in total. The van der Waals surface area contributed by atoms with Crippen LogP contribution in [0.25, 0.3) is 0 Å². The van der Waals surface area contributed by atoms with Crippen LogP contribution >= 0.6 is 0 Å². The minimum atomic E-state index is -0.330. The van der Waals surface area contributed by atoms with Crippen molar-refractivity contribution in [1.29, 1.82) is 0 Å². The van der Waals surface area contributed by atoms with E-state index in [0.29, 0.717) is 0 Å². The third-order valence-electron chi connectivity index (χ3n) is 3.69. The molecule has 23 heavy (non-hydrogen) atoms. The lowest BCUT2D eigenvalue weighted by Crippen LogP contribution is -2.25. The number of nitrogens with zero attached hydrogens (tertiary/aromatic N) is 1. The van der Waals surface area contributed by atoms with Crippen LogP contribution in [0.1, 0.15) is 36.1 Å². The van der Waals surface area contributed by atoms with Gasteiger partial charge >= 0.3 is 6.03 Å². The highest BCUT2D eigenvalue weighted by Crippen LogP contribution is 2.22. The third kappa shape index (κ3) is 4.68. The number of rotatable bonds is 5. The summed E-state index contributed by atoms with van der Waals surface area (Å²) in [6.07, 6.45) is 3.37. The van der Waals surface area contributed by atoms with E-state index < -0.39 is 0 Å². The summed E-state index contributed by atoms with van der Waals surface area (Å²) >= 11 is 0. The number of urea groups is 1. The molecule has 4 nitrogen and oxygen atoms in total. The first-order valence-electron chi connectivity index (χ1n) is 7.91. The number of benzene rings is 2. The van der Waals surface area contributed by atoms with Gasteiger partial charge in [-0.3, -0.25) is 0 Å². The molecule has 0 aromatic heterocycles. The highest BCUT2D eigenvalue weighted by Gasteiger charge is 2.09. The number of amides is 2. The first-order valence-corrected chi connectivity index (χ1v) is 7.91. The minimum Gasteiger partial charge on any atom is -0.306 e. The van der Waals surface area contributed by atoms with E-state index in [-0.39, 0.29) is 6.03 Å². The van der Waals surface area contributed by atoms with E-state index in [1.165, 1.54) is 5.56 Å². The van der Waals surface area contributed by atoms with Crippen molar-refractivity contribution in [2.24, 2.45) is 5.10 Å². The summed E-state index contributed by atoms with van der Waals surface area (Å²) < 4.78 is 0. The fraction of sp³-hybridized carbons (Fsp3) is 0.263. The van der Waals surface area contributed by atoms with E-state index in [4.69, 9.17) is 0 Å². The third-order valence-corrected chi connectivity index (χ3v) is 3.69. The number of anilines is 1. The Hall–Kier alpha value is -2.62. The van der Waals surface area contributed by atoms with Crippen LogP contribution in [0.3, 0.4) is 0 Å². The number of aryl methyl sites for hydroxylation is 3. The maximum absolute atomic E-state index is 12.1. The van der Waals surface area contributed by atoms with Gasteiger partial charge in [0.15, 0.2) is 0 Å². The first-order chi connectivity index (χ1) is 11.1. The molecule has 0 fully saturated rings. The Kier molecular flexibility index (Phi) is 5.92. The van der Waals surface area contributed by atoms with Crippen LogP contribution in [0.5, 0.6) is 0 Å². The van der Waals surface area contributed by atoms with Crippen molar-refractivity contribution in [3.8, 4) is 0 Å². The van der Waals surface area contributed by atoms with Gasteiger partial charge in [0.05, 0.1) is 6.21 Å². The number of para-hydroxylation sites is 1. The van der Waals surface area contributed by atoms with Crippen LogP contribution in [0, 0.1) is 6.92 Å². The summed E-state index contributed by atoms with van der Waals surface area (Å²) in [6, 6.07) is 13.7. The van der Waals surface area contributed by atoms with E-state index in [1.54, 1.807) is 6.21 Å². The second-order valence-electron chi connectivity index (χ2n) is 5.39. The molecular formula is C19H23N3O. The molecule has 2 amide bonds. The summed E-state index contributed by atoms with van der Waals surface area (Å²) in [5, 5.41) is 6.90. The van der Waals surface area contributed by atoms with Crippen molar-refractivity contribution < 1.29 is 4.79 Å². The Bertz CT molecular complexity index is 668. The van der Waals surface area contributed by atoms with Crippen LogP contribution < -0.4 is 10.7 Å². The zero-order valence-corrected chi connectivity index (χ0v) is 13.9. The van der Waals surface area contributed by atoms with Crippen molar-refractivity contribution in [3.63, 3.8) is 0 Å². The summed E-state index contributed by atoms with van der Waals surface area (Å²) in [7, 11) is 0. The number of hydrogen-bond acceptors (Lipinski definition) is 2. The number of hydrogen-bond donors (Lipinski definition) is 2. The van der Waals surface area contributed by atoms with E-state index >= 15 is 0 Å². The molecule has 4 heteroatoms. The summed E-state index contributed by atoms with van der Waals surface area (Å²) in [5.74, 6) is 0. The minimum absolute atomic E-state index is 0.330. The number of nitrogens with one attached hydrogen (secondary N) is 2. The SMILES string of the molecule is CCc1cccc(CC)c1NC(=O)N/N=C/c1ccc(C)cc1. The van der Waals surface area contributed by atoms with Gasteiger partial charge in [0.25, 0.3) is 0 Å². The molecule has 0 unspecified atom stereocenters. The normalized spacial score (nSPS) is 10.7. The van der Waals surface area contributed by atoms with Crippen LogP contribution in [0.4, 0.5) is 10.5 Å². The topological polar surface area (TPSA) is 53.5 Å². The average Bonchev–Trinajstić information content (AvgIpc) is 2.57. The molecule has 0 bridgehead atoms. The van der Waals surface area contributed by atoms with Crippen molar-refractivity contribution in [3.05, 3.63) is 64.7 Å². The van der Waals surface area contributed by atoms with E-state index in [9.17, 15) is 4.79 Å². The molecule has 0 aliphatic heterocycles. The van der Waals surface area contributed by atoms with Gasteiger partial charge in [-0.05, 0) is 36.5 Å². The standard InChI is InChI=1S/C19H23N3O/c1-4-16-7-6-8-17(5-2)18(16)21-19(23)22-20-13-15-11-9-14(3)10-12-15/h6-13H,4-5H2,1-3H3,(H2,21,22,23)/b20-13+. The predicted molar refractivity (Wildman–Crippen MR) is 96.1 cm³/mol. The van der Waals surface area contributed by atoms with Gasteiger partial charge in [0.2, 0.25) is 0 Å². The molecule has 2 aromatic rings. The van der Waals surface area contributed by atoms with Crippen LogP contribution in [0.15, 0.2) is 47.6 Å². The van der Waals surface area contributed by atoms with Crippen molar-refractivity contribution in [2.75, 3.05) is 5.32 Å². The number of carbonyl (C=O) groups is 1. The maximum atomic E-state index is 12.1. The van der Waals surface area contributed by atoms with Gasteiger partial charge in [-0.2, -0.15) is 5.10 Å².